The van der Waals surface area contributed by atoms with Crippen LogP contribution >= 0.6 is 0 Å². The summed E-state index contributed by atoms with van der Waals surface area (Å²) in [6.07, 6.45) is 3.77. The van der Waals surface area contributed by atoms with Crippen LogP contribution in [0.2, 0.25) is 0 Å². The van der Waals surface area contributed by atoms with Crippen LogP contribution in [0.5, 0.6) is 0 Å². The largest absolute Gasteiger partial charge is 0.354 e. The van der Waals surface area contributed by atoms with E-state index >= 15 is 0 Å². The van der Waals surface area contributed by atoms with Crippen LogP contribution in [0.15, 0.2) is 72.8 Å². The highest BCUT2D eigenvalue weighted by molar-refractivity contribution is 7.93. The molecule has 1 fully saturated rings. The van der Waals surface area contributed by atoms with Gasteiger partial charge in [-0.25, -0.2) is 8.42 Å². The lowest BCUT2D eigenvalue weighted by molar-refractivity contribution is -0.110. The average molecular weight is 559 g/mol. The van der Waals surface area contributed by atoms with Gasteiger partial charge in [0.15, 0.2) is 0 Å². The first-order chi connectivity index (χ1) is 19.1. The molecule has 2 aliphatic heterocycles. The lowest BCUT2D eigenvalue weighted by atomic mass is 9.96. The third-order valence-corrected chi connectivity index (χ3v) is 9.68. The minimum atomic E-state index is -3.53. The molecule has 40 heavy (non-hydrogen) atoms. The van der Waals surface area contributed by atoms with Crippen molar-refractivity contribution in [3.8, 4) is 0 Å². The van der Waals surface area contributed by atoms with Gasteiger partial charge in [0.2, 0.25) is 10.0 Å². The van der Waals surface area contributed by atoms with E-state index in [4.69, 9.17) is 0 Å². The molecule has 0 spiro atoms. The van der Waals surface area contributed by atoms with E-state index in [1.165, 1.54) is 24.8 Å². The monoisotopic (exact) mass is 558 g/mol. The molecule has 0 saturated carbocycles. The van der Waals surface area contributed by atoms with E-state index in [9.17, 15) is 13.2 Å². The molecule has 210 valence electrons. The van der Waals surface area contributed by atoms with Crippen LogP contribution in [0, 0.1) is 0 Å². The lowest BCUT2D eigenvalue weighted by Crippen LogP contribution is -2.42. The molecule has 2 atom stereocenters. The van der Waals surface area contributed by atoms with Gasteiger partial charge in [0.25, 0.3) is 5.91 Å². The molecule has 7 nitrogen and oxygen atoms in total. The van der Waals surface area contributed by atoms with Crippen molar-refractivity contribution in [2.45, 2.75) is 70.8 Å². The molecule has 0 aliphatic carbocycles. The maximum Gasteiger partial charge on any atom is 0.258 e. The second-order valence-electron chi connectivity index (χ2n) is 11.1. The molecular formula is C32H38N4O3S. The van der Waals surface area contributed by atoms with Crippen molar-refractivity contribution in [2.75, 3.05) is 15.4 Å². The van der Waals surface area contributed by atoms with E-state index in [0.29, 0.717) is 40.3 Å². The standard InChI is InChI=1S/C32H38N4O3S/c1-21(2)40(38,39)35-27-17-18-29-28(19-27)30(32(37)34-29)31(25-11-6-5-7-12-25)33-26-15-13-24(14-16-26)20-36-22(3)9-8-10-23(36)4/h5-7,11-19,21-23,33,35H,8-10,20H2,1-4H3,(H,34,37). The molecule has 0 radical (unpaired) electrons. The van der Waals surface area contributed by atoms with E-state index in [-0.39, 0.29) is 5.91 Å². The van der Waals surface area contributed by atoms with Crippen molar-refractivity contribution in [3.63, 3.8) is 0 Å². The summed E-state index contributed by atoms with van der Waals surface area (Å²) in [4.78, 5) is 15.9. The Hall–Kier alpha value is -3.62. The smallest absolute Gasteiger partial charge is 0.258 e. The molecule has 3 N–H and O–H groups in total. The minimum absolute atomic E-state index is 0.241. The summed E-state index contributed by atoms with van der Waals surface area (Å²) in [6, 6.07) is 24.4. The number of carbonyl (C=O) groups is 1. The average Bonchev–Trinajstić information content (AvgIpc) is 3.25. The summed E-state index contributed by atoms with van der Waals surface area (Å²) in [5.74, 6) is -0.241. The maximum absolute atomic E-state index is 13.3. The van der Waals surface area contributed by atoms with Crippen LogP contribution < -0.4 is 15.4 Å². The first-order valence-corrected chi connectivity index (χ1v) is 15.6. The highest BCUT2D eigenvalue weighted by atomic mass is 32.2. The van der Waals surface area contributed by atoms with Crippen LogP contribution in [-0.4, -0.2) is 36.6 Å². The van der Waals surface area contributed by atoms with E-state index in [0.717, 1.165) is 17.8 Å². The fourth-order valence-electron chi connectivity index (χ4n) is 5.48. The van der Waals surface area contributed by atoms with Crippen LogP contribution in [0.1, 0.15) is 63.6 Å². The van der Waals surface area contributed by atoms with Gasteiger partial charge in [0, 0.05) is 41.3 Å². The van der Waals surface area contributed by atoms with Crippen molar-refractivity contribution < 1.29 is 13.2 Å². The van der Waals surface area contributed by atoms with Gasteiger partial charge >= 0.3 is 0 Å². The number of benzene rings is 3. The Morgan fingerprint density at radius 2 is 1.60 bits per heavy atom. The minimum Gasteiger partial charge on any atom is -0.354 e. The zero-order valence-electron chi connectivity index (χ0n) is 23.6. The molecule has 3 aromatic rings. The molecule has 3 aromatic carbocycles. The maximum atomic E-state index is 13.3. The van der Waals surface area contributed by atoms with Crippen LogP contribution in [0.4, 0.5) is 17.1 Å². The Morgan fingerprint density at radius 1 is 0.950 bits per heavy atom. The predicted molar refractivity (Wildman–Crippen MR) is 164 cm³/mol. The molecular weight excluding hydrogens is 520 g/mol. The van der Waals surface area contributed by atoms with Crippen LogP contribution in [-0.2, 0) is 21.4 Å². The third-order valence-electron chi connectivity index (χ3n) is 7.92. The highest BCUT2D eigenvalue weighted by Gasteiger charge is 2.30. The normalized spacial score (nSPS) is 20.7. The Morgan fingerprint density at radius 3 is 2.25 bits per heavy atom. The number of piperidine rings is 1. The van der Waals surface area contributed by atoms with Crippen molar-refractivity contribution >= 4 is 44.3 Å². The summed E-state index contributed by atoms with van der Waals surface area (Å²) in [7, 11) is -3.53. The van der Waals surface area contributed by atoms with E-state index in [2.05, 4.69) is 58.4 Å². The predicted octanol–water partition coefficient (Wildman–Crippen LogP) is 6.53. The van der Waals surface area contributed by atoms with Crippen LogP contribution in [0.3, 0.4) is 0 Å². The molecule has 1 saturated heterocycles. The molecule has 2 heterocycles. The SMILES string of the molecule is CC1CCCC(C)N1Cc1ccc(NC(=C2C(=O)Nc3ccc(NS(=O)(=O)C(C)C)cc32)c2ccccc2)cc1. The summed E-state index contributed by atoms with van der Waals surface area (Å²) in [6.45, 7) is 8.80. The van der Waals surface area contributed by atoms with Gasteiger partial charge in [0.1, 0.15) is 0 Å². The van der Waals surface area contributed by atoms with Gasteiger partial charge < -0.3 is 10.6 Å². The number of rotatable bonds is 8. The number of anilines is 3. The van der Waals surface area contributed by atoms with Gasteiger partial charge in [-0.15, -0.1) is 0 Å². The van der Waals surface area contributed by atoms with Crippen molar-refractivity contribution in [3.05, 3.63) is 89.5 Å². The molecule has 2 unspecified atom stereocenters. The Bertz CT molecular complexity index is 1510. The molecule has 1 amide bonds. The second kappa shape index (κ2) is 11.5. The van der Waals surface area contributed by atoms with Gasteiger partial charge in [-0.3, -0.25) is 14.4 Å². The lowest BCUT2D eigenvalue weighted by Gasteiger charge is -2.39. The Balaban J connectivity index is 1.49. The first kappa shape index (κ1) is 27.9. The summed E-state index contributed by atoms with van der Waals surface area (Å²) < 4.78 is 27.7. The molecule has 2 aliphatic rings. The number of amides is 1. The van der Waals surface area contributed by atoms with Crippen molar-refractivity contribution in [1.82, 2.24) is 4.90 Å². The second-order valence-corrected chi connectivity index (χ2v) is 13.4. The number of hydrogen-bond donors (Lipinski definition) is 3. The molecule has 8 heteroatoms. The number of nitrogens with one attached hydrogen (secondary N) is 3. The first-order valence-electron chi connectivity index (χ1n) is 14.0. The van der Waals surface area contributed by atoms with Gasteiger partial charge in [-0.2, -0.15) is 0 Å². The summed E-state index contributed by atoms with van der Waals surface area (Å²) >= 11 is 0. The number of sulfonamides is 1. The topological polar surface area (TPSA) is 90.5 Å². The highest BCUT2D eigenvalue weighted by Crippen LogP contribution is 2.39. The van der Waals surface area contributed by atoms with Gasteiger partial charge in [-0.1, -0.05) is 48.9 Å². The zero-order valence-corrected chi connectivity index (χ0v) is 24.4. The number of hydrogen-bond acceptors (Lipinski definition) is 5. The number of fused-ring (bicyclic) bond motifs is 1. The molecule has 0 bridgehead atoms. The third kappa shape index (κ3) is 5.93. The zero-order chi connectivity index (χ0) is 28.4. The fourth-order valence-corrected chi connectivity index (χ4v) is 6.17. The van der Waals surface area contributed by atoms with Gasteiger partial charge in [0.05, 0.1) is 16.5 Å². The van der Waals surface area contributed by atoms with Crippen molar-refractivity contribution in [2.24, 2.45) is 0 Å². The van der Waals surface area contributed by atoms with E-state index in [1.54, 1.807) is 32.0 Å². The van der Waals surface area contributed by atoms with Crippen molar-refractivity contribution in [1.29, 1.82) is 0 Å². The van der Waals surface area contributed by atoms with Crippen LogP contribution in [0.25, 0.3) is 11.3 Å². The fraction of sp³-hybridized carbons (Fsp3) is 0.344. The molecule has 0 aromatic heterocycles. The van der Waals surface area contributed by atoms with E-state index in [1.807, 2.05) is 30.3 Å². The number of nitrogens with zero attached hydrogens (tertiary/aromatic N) is 1. The quantitative estimate of drug-likeness (QED) is 0.274. The number of likely N-dealkylation sites (tertiary alicyclic amines) is 1. The van der Waals surface area contributed by atoms with Gasteiger partial charge in [-0.05, 0) is 82.0 Å². The Kier molecular flexibility index (Phi) is 8.01. The number of carbonyl (C=O) groups excluding carboxylic acids is 1. The summed E-state index contributed by atoms with van der Waals surface area (Å²) in [5, 5.41) is 5.87. The summed E-state index contributed by atoms with van der Waals surface area (Å²) in [5.41, 5.74) is 5.80. The van der Waals surface area contributed by atoms with E-state index < -0.39 is 15.3 Å². The molecule has 5 rings (SSSR count). The Labute approximate surface area is 237 Å².